The summed E-state index contributed by atoms with van der Waals surface area (Å²) in [6.07, 6.45) is 2.18. The van der Waals surface area contributed by atoms with Gasteiger partial charge in [0.05, 0.1) is 6.10 Å². The zero-order chi connectivity index (χ0) is 8.91. The third kappa shape index (κ3) is 7.96. The number of rotatable bonds is 4. The zero-order valence-corrected chi connectivity index (χ0v) is 8.65. The molecule has 0 heterocycles. The van der Waals surface area contributed by atoms with E-state index in [0.717, 1.165) is 12.8 Å². The van der Waals surface area contributed by atoms with E-state index < -0.39 is 0 Å². The minimum atomic E-state index is -0.204. The molecule has 0 N–H and O–H groups in total. The molecule has 2 nitrogen and oxygen atoms in total. The van der Waals surface area contributed by atoms with Gasteiger partial charge in [0, 0.05) is 0 Å². The molecule has 0 amide bonds. The van der Waals surface area contributed by atoms with Crippen molar-refractivity contribution < 1.29 is 9.09 Å². The second-order valence-electron chi connectivity index (χ2n) is 4.09. The molecule has 0 aromatic carbocycles. The lowest BCUT2D eigenvalue weighted by atomic mass is 9.89. The summed E-state index contributed by atoms with van der Waals surface area (Å²) in [5.41, 5.74) is 0.345. The molecule has 0 aromatic heterocycles. The molecular weight excluding hydrogens is 159 g/mol. The van der Waals surface area contributed by atoms with Crippen molar-refractivity contribution >= 4 is 8.69 Å². The summed E-state index contributed by atoms with van der Waals surface area (Å²) in [7, 11) is -0.204. The van der Waals surface area contributed by atoms with Crippen LogP contribution in [-0.2, 0) is 9.09 Å². The molecule has 0 aliphatic heterocycles. The normalized spacial score (nSPS) is 15.3. The Morgan fingerprint density at radius 2 is 2.00 bits per heavy atom. The molecular formula is C8H17O2P. The lowest BCUT2D eigenvalue weighted by Gasteiger charge is -2.19. The van der Waals surface area contributed by atoms with Gasteiger partial charge in [0.15, 0.2) is 0 Å². The highest BCUT2D eigenvalue weighted by atomic mass is 31.1. The van der Waals surface area contributed by atoms with Crippen LogP contribution in [0, 0.1) is 5.41 Å². The van der Waals surface area contributed by atoms with Gasteiger partial charge >= 0.3 is 8.69 Å². The summed E-state index contributed by atoms with van der Waals surface area (Å²) in [5.74, 6) is 0. The second kappa shape index (κ2) is 4.84. The van der Waals surface area contributed by atoms with Gasteiger partial charge in [0.1, 0.15) is 0 Å². The molecule has 11 heavy (non-hydrogen) atoms. The van der Waals surface area contributed by atoms with E-state index in [-0.39, 0.29) is 14.8 Å². The Hall–Kier alpha value is 0.0600. The molecule has 1 atom stereocenters. The summed E-state index contributed by atoms with van der Waals surface area (Å²) in [4.78, 5) is 0. The topological polar surface area (TPSA) is 26.3 Å². The molecule has 0 spiro atoms. The first kappa shape index (κ1) is 11.1. The van der Waals surface area contributed by atoms with Gasteiger partial charge in [-0.25, -0.2) is 4.57 Å². The molecule has 0 bridgehead atoms. The van der Waals surface area contributed by atoms with Gasteiger partial charge in [-0.1, -0.05) is 20.8 Å². The Morgan fingerprint density at radius 3 is 2.36 bits per heavy atom. The van der Waals surface area contributed by atoms with Crippen molar-refractivity contribution in [2.24, 2.45) is 5.41 Å². The van der Waals surface area contributed by atoms with Crippen LogP contribution in [-0.4, -0.2) is 6.10 Å². The lowest BCUT2D eigenvalue weighted by Crippen LogP contribution is -2.10. The van der Waals surface area contributed by atoms with E-state index in [1.54, 1.807) is 0 Å². The fourth-order valence-electron chi connectivity index (χ4n) is 0.762. The van der Waals surface area contributed by atoms with E-state index in [0.29, 0.717) is 5.41 Å². The van der Waals surface area contributed by atoms with Crippen LogP contribution in [0.1, 0.15) is 40.5 Å². The molecule has 3 heteroatoms. The van der Waals surface area contributed by atoms with Crippen molar-refractivity contribution in [1.82, 2.24) is 0 Å². The molecule has 0 aliphatic carbocycles. The van der Waals surface area contributed by atoms with Gasteiger partial charge in [0.2, 0.25) is 0 Å². The highest BCUT2D eigenvalue weighted by Gasteiger charge is 2.12. The Balaban J connectivity index is 3.45. The molecule has 0 radical (unpaired) electrons. The molecule has 0 saturated carbocycles. The summed E-state index contributed by atoms with van der Waals surface area (Å²) in [6, 6.07) is 0. The minimum Gasteiger partial charge on any atom is -0.291 e. The second-order valence-corrected chi connectivity index (χ2v) is 4.45. The number of hydrogen-bond donors (Lipinski definition) is 0. The van der Waals surface area contributed by atoms with Gasteiger partial charge in [-0.2, -0.15) is 0 Å². The highest BCUT2D eigenvalue weighted by Crippen LogP contribution is 2.23. The maximum Gasteiger partial charge on any atom is 0.327 e. The van der Waals surface area contributed by atoms with Gasteiger partial charge in [-0.15, -0.1) is 0 Å². The van der Waals surface area contributed by atoms with E-state index in [1.807, 2.05) is 6.92 Å². The van der Waals surface area contributed by atoms with Crippen LogP contribution in [0.5, 0.6) is 0 Å². The molecule has 66 valence electrons. The van der Waals surface area contributed by atoms with Crippen molar-refractivity contribution in [3.63, 3.8) is 0 Å². The first-order valence-electron chi connectivity index (χ1n) is 3.94. The van der Waals surface area contributed by atoms with E-state index >= 15 is 0 Å². The summed E-state index contributed by atoms with van der Waals surface area (Å²) in [5, 5.41) is 0. The highest BCUT2D eigenvalue weighted by molar-refractivity contribution is 7.17. The average molecular weight is 176 g/mol. The van der Waals surface area contributed by atoms with E-state index in [1.165, 1.54) is 0 Å². The number of hydrogen-bond acceptors (Lipinski definition) is 2. The van der Waals surface area contributed by atoms with Crippen LogP contribution in [0.3, 0.4) is 0 Å². The summed E-state index contributed by atoms with van der Waals surface area (Å²) in [6.45, 7) is 8.51. The van der Waals surface area contributed by atoms with Gasteiger partial charge < -0.3 is 0 Å². The average Bonchev–Trinajstić information content (AvgIpc) is 1.83. The van der Waals surface area contributed by atoms with E-state index in [9.17, 15) is 4.57 Å². The maximum absolute atomic E-state index is 10.0. The van der Waals surface area contributed by atoms with Crippen molar-refractivity contribution in [3.05, 3.63) is 0 Å². The predicted molar refractivity (Wildman–Crippen MR) is 46.8 cm³/mol. The first-order chi connectivity index (χ1) is 4.95. The predicted octanol–water partition coefficient (Wildman–Crippen LogP) is 3.42. The molecule has 1 unspecified atom stereocenters. The van der Waals surface area contributed by atoms with E-state index in [2.05, 4.69) is 20.8 Å². The van der Waals surface area contributed by atoms with Crippen LogP contribution in [0.2, 0.25) is 0 Å². The van der Waals surface area contributed by atoms with Gasteiger partial charge in [-0.05, 0) is 25.2 Å². The molecule has 0 aromatic rings. The minimum absolute atomic E-state index is 0.105. The van der Waals surface area contributed by atoms with Gasteiger partial charge in [-0.3, -0.25) is 4.52 Å². The maximum atomic E-state index is 10.0. The van der Waals surface area contributed by atoms with Crippen LogP contribution in [0.4, 0.5) is 0 Å². The SMILES string of the molecule is CC(CCC(C)(C)C)OP=O. The smallest absolute Gasteiger partial charge is 0.291 e. The molecule has 0 rings (SSSR count). The fraction of sp³-hybridized carbons (Fsp3) is 1.00. The molecule has 0 saturated heterocycles. The summed E-state index contributed by atoms with van der Waals surface area (Å²) >= 11 is 0. The fourth-order valence-corrected chi connectivity index (χ4v) is 1.01. The monoisotopic (exact) mass is 176 g/mol. The Kier molecular flexibility index (Phi) is 4.87. The Bertz CT molecular complexity index is 118. The van der Waals surface area contributed by atoms with E-state index in [4.69, 9.17) is 4.52 Å². The molecule has 0 aliphatic rings. The van der Waals surface area contributed by atoms with Crippen molar-refractivity contribution in [2.75, 3.05) is 0 Å². The third-order valence-electron chi connectivity index (χ3n) is 1.52. The van der Waals surface area contributed by atoms with Crippen LogP contribution in [0.25, 0.3) is 0 Å². The Morgan fingerprint density at radius 1 is 1.45 bits per heavy atom. The molecule has 0 fully saturated rings. The van der Waals surface area contributed by atoms with Crippen LogP contribution >= 0.6 is 8.69 Å². The van der Waals surface area contributed by atoms with Crippen molar-refractivity contribution in [1.29, 1.82) is 0 Å². The zero-order valence-electron chi connectivity index (χ0n) is 7.76. The van der Waals surface area contributed by atoms with Crippen molar-refractivity contribution in [2.45, 2.75) is 46.6 Å². The third-order valence-corrected chi connectivity index (χ3v) is 1.97. The van der Waals surface area contributed by atoms with Crippen molar-refractivity contribution in [3.8, 4) is 0 Å². The quantitative estimate of drug-likeness (QED) is 0.613. The summed E-state index contributed by atoms with van der Waals surface area (Å²) < 4.78 is 14.9. The standard InChI is InChI=1S/C8H17O2P/c1-7(10-11-9)5-6-8(2,3)4/h7H,5-6H2,1-4H3. The van der Waals surface area contributed by atoms with Crippen LogP contribution in [0.15, 0.2) is 0 Å². The van der Waals surface area contributed by atoms with Gasteiger partial charge in [0.25, 0.3) is 0 Å². The largest absolute Gasteiger partial charge is 0.327 e. The lowest BCUT2D eigenvalue weighted by molar-refractivity contribution is 0.204. The van der Waals surface area contributed by atoms with Crippen LogP contribution < -0.4 is 0 Å². The first-order valence-corrected chi connectivity index (χ1v) is 4.67. The Labute approximate surface area is 70.6 Å².